The average Bonchev–Trinajstić information content (AvgIpc) is 2.45. The second kappa shape index (κ2) is 5.92. The van der Waals surface area contributed by atoms with Crippen LogP contribution in [0.3, 0.4) is 0 Å². The minimum atomic E-state index is -0.375. The number of pyridine rings is 2. The molecule has 2 rings (SSSR count). The van der Waals surface area contributed by atoms with Crippen molar-refractivity contribution in [1.82, 2.24) is 15.8 Å². The maximum atomic E-state index is 11.9. The maximum Gasteiger partial charge on any atom is 0.334 e. The predicted octanol–water partition coefficient (Wildman–Crippen LogP) is 0.354. The number of carbonyl (C=O) groups is 2. The first kappa shape index (κ1) is 13.7. The van der Waals surface area contributed by atoms with Gasteiger partial charge in [-0.3, -0.25) is 25.4 Å². The van der Waals surface area contributed by atoms with E-state index in [1.165, 1.54) is 6.92 Å². The Kier molecular flexibility index (Phi) is 4.05. The van der Waals surface area contributed by atoms with E-state index in [1.807, 2.05) is 24.4 Å². The fourth-order valence-corrected chi connectivity index (χ4v) is 1.76. The van der Waals surface area contributed by atoms with Crippen LogP contribution in [-0.4, -0.2) is 16.8 Å². The standard InChI is InChI=1S/C14H14N4O2/c1-10(19)16-17-14(20)13-6-5-12(9-18(13)2)11-4-3-7-15-8-11/h3-9,20H,1-2H3/p+1. The Morgan fingerprint density at radius 2 is 1.95 bits per heavy atom. The lowest BCUT2D eigenvalue weighted by molar-refractivity contribution is -0.673. The van der Waals surface area contributed by atoms with Gasteiger partial charge in [-0.1, -0.05) is 6.07 Å². The number of hydrogen-bond acceptors (Lipinski definition) is 3. The van der Waals surface area contributed by atoms with Crippen molar-refractivity contribution in [3.8, 4) is 11.1 Å². The lowest BCUT2D eigenvalue weighted by Gasteiger charge is -2.05. The molecule has 2 amide bonds. The molecule has 0 aliphatic carbocycles. The monoisotopic (exact) mass is 271 g/mol. The van der Waals surface area contributed by atoms with Crippen LogP contribution in [0.25, 0.3) is 11.1 Å². The number of aryl methyl sites for hydroxylation is 1. The third kappa shape index (κ3) is 3.17. The first-order valence-electron chi connectivity index (χ1n) is 6.05. The van der Waals surface area contributed by atoms with Gasteiger partial charge in [-0.05, 0) is 12.1 Å². The van der Waals surface area contributed by atoms with Crippen LogP contribution in [0.4, 0.5) is 0 Å². The van der Waals surface area contributed by atoms with Gasteiger partial charge in [-0.2, -0.15) is 4.57 Å². The average molecular weight is 271 g/mol. The highest BCUT2D eigenvalue weighted by Crippen LogP contribution is 2.15. The summed E-state index contributed by atoms with van der Waals surface area (Å²) in [6.07, 6.45) is 5.30. The summed E-state index contributed by atoms with van der Waals surface area (Å²) in [6, 6.07) is 7.32. The zero-order valence-electron chi connectivity index (χ0n) is 11.3. The van der Waals surface area contributed by atoms with Crippen LogP contribution in [0.2, 0.25) is 0 Å². The molecule has 0 saturated carbocycles. The molecule has 2 heterocycles. The number of aromatic nitrogens is 2. The quantitative estimate of drug-likeness (QED) is 0.611. The highest BCUT2D eigenvalue weighted by atomic mass is 16.2. The molecule has 0 radical (unpaired) electrons. The van der Waals surface area contributed by atoms with Crippen LogP contribution in [-0.2, 0) is 11.8 Å². The largest absolute Gasteiger partial charge is 0.334 e. The third-order valence-electron chi connectivity index (χ3n) is 2.71. The Morgan fingerprint density at radius 1 is 1.15 bits per heavy atom. The molecule has 0 bridgehead atoms. The van der Waals surface area contributed by atoms with E-state index < -0.39 is 0 Å². The second-order valence-electron chi connectivity index (χ2n) is 4.29. The van der Waals surface area contributed by atoms with Crippen LogP contribution >= 0.6 is 0 Å². The minimum absolute atomic E-state index is 0.326. The van der Waals surface area contributed by atoms with Crippen molar-refractivity contribution in [2.75, 3.05) is 0 Å². The first-order chi connectivity index (χ1) is 9.58. The predicted molar refractivity (Wildman–Crippen MR) is 72.1 cm³/mol. The van der Waals surface area contributed by atoms with Gasteiger partial charge in [0.05, 0.1) is 0 Å². The van der Waals surface area contributed by atoms with Crippen molar-refractivity contribution >= 4 is 11.8 Å². The highest BCUT2D eigenvalue weighted by molar-refractivity contribution is 5.92. The smallest absolute Gasteiger partial charge is 0.274 e. The summed E-state index contributed by atoms with van der Waals surface area (Å²) in [7, 11) is 1.77. The molecule has 0 saturated heterocycles. The van der Waals surface area contributed by atoms with Crippen LogP contribution in [0.1, 0.15) is 17.4 Å². The number of hydrazine groups is 1. The molecule has 0 aliphatic rings. The number of nitrogens with one attached hydrogen (secondary N) is 2. The van der Waals surface area contributed by atoms with E-state index in [9.17, 15) is 9.59 Å². The van der Waals surface area contributed by atoms with Crippen molar-refractivity contribution in [2.45, 2.75) is 6.92 Å². The maximum absolute atomic E-state index is 11.9. The Hall–Kier alpha value is -2.76. The fourth-order valence-electron chi connectivity index (χ4n) is 1.76. The molecule has 20 heavy (non-hydrogen) atoms. The lowest BCUT2D eigenvalue weighted by atomic mass is 10.1. The molecule has 2 N–H and O–H groups in total. The minimum Gasteiger partial charge on any atom is -0.274 e. The van der Waals surface area contributed by atoms with E-state index in [0.717, 1.165) is 11.1 Å². The molecule has 6 heteroatoms. The number of rotatable bonds is 2. The van der Waals surface area contributed by atoms with Gasteiger partial charge in [-0.25, -0.2) is 0 Å². The zero-order chi connectivity index (χ0) is 14.5. The second-order valence-corrected chi connectivity index (χ2v) is 4.29. The van der Waals surface area contributed by atoms with Gasteiger partial charge in [-0.15, -0.1) is 0 Å². The SMILES string of the molecule is CC(=O)NNC(=O)c1ccc(-c2cccnc2)c[n+]1C. The van der Waals surface area contributed by atoms with E-state index in [-0.39, 0.29) is 11.8 Å². The Bertz CT molecular complexity index is 641. The normalized spacial score (nSPS) is 9.90. The van der Waals surface area contributed by atoms with Gasteiger partial charge in [0.15, 0.2) is 6.20 Å². The summed E-state index contributed by atoms with van der Waals surface area (Å²) in [6.45, 7) is 1.33. The molecule has 2 aromatic rings. The summed E-state index contributed by atoms with van der Waals surface area (Å²) in [4.78, 5) is 26.7. The summed E-state index contributed by atoms with van der Waals surface area (Å²) >= 11 is 0. The van der Waals surface area contributed by atoms with E-state index in [1.54, 1.807) is 30.1 Å². The van der Waals surface area contributed by atoms with E-state index in [4.69, 9.17) is 0 Å². The summed E-state index contributed by atoms with van der Waals surface area (Å²) in [5.41, 5.74) is 6.94. The zero-order valence-corrected chi connectivity index (χ0v) is 11.3. The molecule has 0 spiro atoms. The van der Waals surface area contributed by atoms with Crippen molar-refractivity contribution < 1.29 is 14.2 Å². The Labute approximate surface area is 116 Å². The number of amides is 2. The molecule has 0 aliphatic heterocycles. The topological polar surface area (TPSA) is 75.0 Å². The summed E-state index contributed by atoms with van der Waals surface area (Å²) < 4.78 is 1.69. The summed E-state index contributed by atoms with van der Waals surface area (Å²) in [5.74, 6) is -0.701. The van der Waals surface area contributed by atoms with Crippen LogP contribution < -0.4 is 15.4 Å². The van der Waals surface area contributed by atoms with E-state index in [0.29, 0.717) is 5.69 Å². The Morgan fingerprint density at radius 3 is 2.55 bits per heavy atom. The molecule has 102 valence electrons. The Balaban J connectivity index is 2.22. The molecule has 0 unspecified atom stereocenters. The summed E-state index contributed by atoms with van der Waals surface area (Å²) in [5, 5.41) is 0. The third-order valence-corrected chi connectivity index (χ3v) is 2.71. The van der Waals surface area contributed by atoms with Crippen molar-refractivity contribution in [1.29, 1.82) is 0 Å². The van der Waals surface area contributed by atoms with Gasteiger partial charge in [0, 0.05) is 36.5 Å². The molecule has 2 aromatic heterocycles. The number of hydrogen-bond donors (Lipinski definition) is 2. The highest BCUT2D eigenvalue weighted by Gasteiger charge is 2.17. The van der Waals surface area contributed by atoms with Crippen molar-refractivity contribution in [3.05, 3.63) is 48.5 Å². The van der Waals surface area contributed by atoms with Crippen molar-refractivity contribution in [3.63, 3.8) is 0 Å². The van der Waals surface area contributed by atoms with Gasteiger partial charge in [0.1, 0.15) is 7.05 Å². The van der Waals surface area contributed by atoms with Crippen LogP contribution in [0, 0.1) is 0 Å². The molecule has 6 nitrogen and oxygen atoms in total. The fraction of sp³-hybridized carbons (Fsp3) is 0.143. The first-order valence-corrected chi connectivity index (χ1v) is 6.05. The molecular formula is C14H15N4O2+. The van der Waals surface area contributed by atoms with Crippen LogP contribution in [0.15, 0.2) is 42.9 Å². The molecule has 0 atom stereocenters. The molecule has 0 aromatic carbocycles. The van der Waals surface area contributed by atoms with Gasteiger partial charge >= 0.3 is 5.91 Å². The molecular weight excluding hydrogens is 256 g/mol. The van der Waals surface area contributed by atoms with Gasteiger partial charge in [0.2, 0.25) is 5.91 Å². The van der Waals surface area contributed by atoms with Crippen molar-refractivity contribution in [2.24, 2.45) is 7.05 Å². The van der Waals surface area contributed by atoms with E-state index in [2.05, 4.69) is 15.8 Å². The van der Waals surface area contributed by atoms with Gasteiger partial charge in [0.25, 0.3) is 5.69 Å². The van der Waals surface area contributed by atoms with E-state index >= 15 is 0 Å². The molecule has 0 fully saturated rings. The van der Waals surface area contributed by atoms with Gasteiger partial charge < -0.3 is 0 Å². The lowest BCUT2D eigenvalue weighted by Crippen LogP contribution is -2.46. The number of carbonyl (C=O) groups excluding carboxylic acids is 2. The number of nitrogens with zero attached hydrogens (tertiary/aromatic N) is 2. The van der Waals surface area contributed by atoms with Crippen LogP contribution in [0.5, 0.6) is 0 Å².